The molecule has 0 saturated carbocycles. The van der Waals surface area contributed by atoms with Gasteiger partial charge in [0.15, 0.2) is 0 Å². The highest BCUT2D eigenvalue weighted by Gasteiger charge is 2.09. The molecule has 1 N–H and O–H groups in total. The quantitative estimate of drug-likeness (QED) is 0.845. The minimum atomic E-state index is 0.190. The molecule has 1 aromatic carbocycles. The molecule has 3 nitrogen and oxygen atoms in total. The van der Waals surface area contributed by atoms with E-state index in [4.69, 9.17) is 9.15 Å². The van der Waals surface area contributed by atoms with Gasteiger partial charge in [0.25, 0.3) is 0 Å². The summed E-state index contributed by atoms with van der Waals surface area (Å²) in [7, 11) is 0. The van der Waals surface area contributed by atoms with E-state index in [-0.39, 0.29) is 6.04 Å². The highest BCUT2D eigenvalue weighted by molar-refractivity contribution is 5.33. The number of ether oxygens (including phenoxy) is 1. The fourth-order valence-electron chi connectivity index (χ4n) is 1.85. The lowest BCUT2D eigenvalue weighted by Crippen LogP contribution is -2.18. The van der Waals surface area contributed by atoms with Crippen molar-refractivity contribution < 1.29 is 9.15 Å². The summed E-state index contributed by atoms with van der Waals surface area (Å²) in [6, 6.07) is 12.2. The van der Waals surface area contributed by atoms with Crippen molar-refractivity contribution in [2.24, 2.45) is 0 Å². The van der Waals surface area contributed by atoms with Crippen LogP contribution in [-0.2, 0) is 6.54 Å². The lowest BCUT2D eigenvalue weighted by atomic mass is 10.2. The Labute approximate surface area is 108 Å². The first kappa shape index (κ1) is 12.7. The van der Waals surface area contributed by atoms with E-state index in [0.29, 0.717) is 6.61 Å². The number of hydrogen-bond donors (Lipinski definition) is 1. The monoisotopic (exact) mass is 245 g/mol. The van der Waals surface area contributed by atoms with Crippen LogP contribution in [0.1, 0.15) is 31.2 Å². The number of nitrogens with one attached hydrogen (secondary N) is 1. The van der Waals surface area contributed by atoms with Crippen LogP contribution in [0, 0.1) is 0 Å². The van der Waals surface area contributed by atoms with Gasteiger partial charge in [-0.2, -0.15) is 0 Å². The zero-order valence-corrected chi connectivity index (χ0v) is 10.8. The Morgan fingerprint density at radius 1 is 1.22 bits per heavy atom. The Bertz CT molecular complexity index is 465. The van der Waals surface area contributed by atoms with Gasteiger partial charge in [0.2, 0.25) is 0 Å². The summed E-state index contributed by atoms with van der Waals surface area (Å²) in [5, 5.41) is 3.43. The second-order valence-electron chi connectivity index (χ2n) is 4.16. The van der Waals surface area contributed by atoms with Crippen LogP contribution in [0.3, 0.4) is 0 Å². The lowest BCUT2D eigenvalue weighted by Gasteiger charge is -2.14. The van der Waals surface area contributed by atoms with Gasteiger partial charge in [0, 0.05) is 12.1 Å². The first-order valence-electron chi connectivity index (χ1n) is 6.28. The molecular weight excluding hydrogens is 226 g/mol. The van der Waals surface area contributed by atoms with Gasteiger partial charge in [-0.3, -0.25) is 0 Å². The Kier molecular flexibility index (Phi) is 4.42. The third-order valence-corrected chi connectivity index (χ3v) is 2.84. The van der Waals surface area contributed by atoms with Gasteiger partial charge in [-0.1, -0.05) is 18.2 Å². The molecule has 3 heteroatoms. The molecule has 0 aliphatic rings. The Morgan fingerprint density at radius 3 is 2.78 bits per heavy atom. The van der Waals surface area contributed by atoms with Crippen LogP contribution in [0.2, 0.25) is 0 Å². The van der Waals surface area contributed by atoms with E-state index < -0.39 is 0 Å². The van der Waals surface area contributed by atoms with E-state index >= 15 is 0 Å². The molecule has 0 spiro atoms. The van der Waals surface area contributed by atoms with E-state index in [0.717, 1.165) is 23.6 Å². The molecule has 0 fully saturated rings. The molecule has 0 amide bonds. The van der Waals surface area contributed by atoms with Crippen molar-refractivity contribution in [2.45, 2.75) is 26.4 Å². The van der Waals surface area contributed by atoms with Crippen LogP contribution < -0.4 is 10.1 Å². The smallest absolute Gasteiger partial charge is 0.123 e. The highest BCUT2D eigenvalue weighted by atomic mass is 16.5. The van der Waals surface area contributed by atoms with Crippen molar-refractivity contribution in [3.63, 3.8) is 0 Å². The maximum Gasteiger partial charge on any atom is 0.123 e. The number of benzene rings is 1. The third kappa shape index (κ3) is 3.14. The molecule has 1 aromatic heterocycles. The highest BCUT2D eigenvalue weighted by Crippen LogP contribution is 2.19. The Balaban J connectivity index is 1.97. The van der Waals surface area contributed by atoms with Crippen molar-refractivity contribution in [2.75, 3.05) is 6.61 Å². The number of hydrogen-bond acceptors (Lipinski definition) is 3. The molecule has 0 aliphatic carbocycles. The van der Waals surface area contributed by atoms with Crippen LogP contribution in [0.5, 0.6) is 5.75 Å². The average molecular weight is 245 g/mol. The number of rotatable bonds is 6. The van der Waals surface area contributed by atoms with Crippen molar-refractivity contribution in [3.05, 3.63) is 54.0 Å². The molecule has 0 aliphatic heterocycles. The summed E-state index contributed by atoms with van der Waals surface area (Å²) in [6.45, 7) is 5.53. The maximum absolute atomic E-state index is 5.60. The SMILES string of the molecule is CCOc1ccccc1CN[C@H](C)c1ccco1. The second-order valence-corrected chi connectivity index (χ2v) is 4.16. The number of para-hydroxylation sites is 1. The molecule has 0 unspecified atom stereocenters. The summed E-state index contributed by atoms with van der Waals surface area (Å²) in [4.78, 5) is 0. The van der Waals surface area contributed by atoms with E-state index in [2.05, 4.69) is 18.3 Å². The molecule has 1 heterocycles. The summed E-state index contributed by atoms with van der Waals surface area (Å²) >= 11 is 0. The van der Waals surface area contributed by atoms with Gasteiger partial charge in [0.1, 0.15) is 11.5 Å². The fraction of sp³-hybridized carbons (Fsp3) is 0.333. The predicted molar refractivity (Wildman–Crippen MR) is 71.6 cm³/mol. The molecule has 0 radical (unpaired) electrons. The average Bonchev–Trinajstić information content (AvgIpc) is 2.92. The van der Waals surface area contributed by atoms with E-state index in [9.17, 15) is 0 Å². The largest absolute Gasteiger partial charge is 0.494 e. The summed E-state index contributed by atoms with van der Waals surface area (Å²) in [5.74, 6) is 1.89. The maximum atomic E-state index is 5.60. The van der Waals surface area contributed by atoms with Gasteiger partial charge in [-0.15, -0.1) is 0 Å². The van der Waals surface area contributed by atoms with E-state index in [1.807, 2.05) is 37.3 Å². The van der Waals surface area contributed by atoms with Crippen molar-refractivity contribution >= 4 is 0 Å². The molecule has 18 heavy (non-hydrogen) atoms. The first-order valence-corrected chi connectivity index (χ1v) is 6.28. The third-order valence-electron chi connectivity index (χ3n) is 2.84. The molecule has 1 atom stereocenters. The van der Waals surface area contributed by atoms with Crippen molar-refractivity contribution in [1.29, 1.82) is 0 Å². The molecule has 0 saturated heterocycles. The predicted octanol–water partition coefficient (Wildman–Crippen LogP) is 3.53. The Morgan fingerprint density at radius 2 is 2.06 bits per heavy atom. The Hall–Kier alpha value is -1.74. The van der Waals surface area contributed by atoms with Crippen LogP contribution in [0.25, 0.3) is 0 Å². The van der Waals surface area contributed by atoms with Gasteiger partial charge >= 0.3 is 0 Å². The topological polar surface area (TPSA) is 34.4 Å². The van der Waals surface area contributed by atoms with Gasteiger partial charge in [0.05, 0.1) is 18.9 Å². The number of furan rings is 1. The van der Waals surface area contributed by atoms with Crippen LogP contribution in [0.15, 0.2) is 47.1 Å². The van der Waals surface area contributed by atoms with E-state index in [1.54, 1.807) is 6.26 Å². The zero-order valence-electron chi connectivity index (χ0n) is 10.8. The molecule has 2 aromatic rings. The summed E-state index contributed by atoms with van der Waals surface area (Å²) in [6.07, 6.45) is 1.70. The standard InChI is InChI=1S/C15H19NO2/c1-3-17-15-8-5-4-7-13(15)11-16-12(2)14-9-6-10-18-14/h4-10,12,16H,3,11H2,1-2H3/t12-/m1/s1. The first-order chi connectivity index (χ1) is 8.81. The molecule has 2 rings (SSSR count). The van der Waals surface area contributed by atoms with Gasteiger partial charge < -0.3 is 14.5 Å². The minimum absolute atomic E-state index is 0.190. The van der Waals surface area contributed by atoms with Crippen LogP contribution in [-0.4, -0.2) is 6.61 Å². The van der Waals surface area contributed by atoms with Crippen LogP contribution >= 0.6 is 0 Å². The fourth-order valence-corrected chi connectivity index (χ4v) is 1.85. The summed E-state index contributed by atoms with van der Waals surface area (Å²) in [5.41, 5.74) is 1.16. The summed E-state index contributed by atoms with van der Waals surface area (Å²) < 4.78 is 11.0. The lowest BCUT2D eigenvalue weighted by molar-refractivity contribution is 0.334. The van der Waals surface area contributed by atoms with Gasteiger partial charge in [-0.05, 0) is 32.0 Å². The molecule has 0 bridgehead atoms. The van der Waals surface area contributed by atoms with Gasteiger partial charge in [-0.25, -0.2) is 0 Å². The molecular formula is C15H19NO2. The normalized spacial score (nSPS) is 12.3. The molecule has 96 valence electrons. The van der Waals surface area contributed by atoms with Crippen LogP contribution in [0.4, 0.5) is 0 Å². The van der Waals surface area contributed by atoms with Crippen molar-refractivity contribution in [1.82, 2.24) is 5.32 Å². The zero-order chi connectivity index (χ0) is 12.8. The minimum Gasteiger partial charge on any atom is -0.494 e. The van der Waals surface area contributed by atoms with Crippen molar-refractivity contribution in [3.8, 4) is 5.75 Å². The second kappa shape index (κ2) is 6.26. The van der Waals surface area contributed by atoms with E-state index in [1.165, 1.54) is 0 Å².